The van der Waals surface area contributed by atoms with Gasteiger partial charge in [0.25, 0.3) is 5.56 Å². The lowest BCUT2D eigenvalue weighted by molar-refractivity contribution is 0.0974. The lowest BCUT2D eigenvalue weighted by atomic mass is 9.77. The van der Waals surface area contributed by atoms with Crippen LogP contribution in [-0.4, -0.2) is 35.4 Å². The van der Waals surface area contributed by atoms with Gasteiger partial charge in [-0.25, -0.2) is 8.78 Å². The Kier molecular flexibility index (Phi) is 4.61. The number of nitrogens with two attached hydrogens (primary N) is 1. The third-order valence-electron chi connectivity index (χ3n) is 5.95. The molecule has 2 aromatic rings. The Morgan fingerprint density at radius 2 is 1.86 bits per heavy atom. The van der Waals surface area contributed by atoms with Gasteiger partial charge in [0.2, 0.25) is 5.95 Å². The van der Waals surface area contributed by atoms with Crippen LogP contribution >= 0.6 is 0 Å². The van der Waals surface area contributed by atoms with Crippen LogP contribution in [0.25, 0.3) is 11.1 Å². The molecule has 2 aliphatic heterocycles. The van der Waals surface area contributed by atoms with Crippen molar-refractivity contribution in [1.29, 1.82) is 0 Å². The fourth-order valence-electron chi connectivity index (χ4n) is 4.44. The fraction of sp³-hybridized carbons (Fsp3) is 0.500. The van der Waals surface area contributed by atoms with Crippen molar-refractivity contribution in [1.82, 2.24) is 9.55 Å². The molecule has 0 unspecified atom stereocenters. The molecule has 4 rings (SSSR count). The molecule has 8 heteroatoms. The molecule has 2 N–H and O–H groups in total. The number of benzene rings is 1. The summed E-state index contributed by atoms with van der Waals surface area (Å²) in [4.78, 5) is 19.4. The van der Waals surface area contributed by atoms with Crippen molar-refractivity contribution in [2.45, 2.75) is 32.3 Å². The van der Waals surface area contributed by atoms with Crippen LogP contribution in [0.2, 0.25) is 0 Å². The highest BCUT2D eigenvalue weighted by Crippen LogP contribution is 2.42. The molecule has 0 bridgehead atoms. The van der Waals surface area contributed by atoms with Crippen LogP contribution in [0.5, 0.6) is 0 Å². The smallest absolute Gasteiger partial charge is 0.264 e. The third kappa shape index (κ3) is 3.26. The molecule has 1 atom stereocenters. The van der Waals surface area contributed by atoms with E-state index in [2.05, 4.69) is 11.9 Å². The summed E-state index contributed by atoms with van der Waals surface area (Å²) in [6, 6.07) is 2.93. The van der Waals surface area contributed by atoms with E-state index in [0.29, 0.717) is 5.95 Å². The molecule has 1 aromatic heterocycles. The van der Waals surface area contributed by atoms with Crippen LogP contribution in [0.15, 0.2) is 23.0 Å². The molecule has 3 heterocycles. The number of hydrogen-bond acceptors (Lipinski definition) is 5. The first-order chi connectivity index (χ1) is 13.3. The summed E-state index contributed by atoms with van der Waals surface area (Å²) in [5.41, 5.74) is 5.93. The minimum atomic E-state index is -0.769. The maximum Gasteiger partial charge on any atom is 0.264 e. The summed E-state index contributed by atoms with van der Waals surface area (Å²) >= 11 is 0. The number of piperidine rings is 1. The second kappa shape index (κ2) is 6.84. The Morgan fingerprint density at radius 1 is 1.21 bits per heavy atom. The molecular formula is C20H24F2N4O2. The number of rotatable bonds is 2. The number of aromatic nitrogens is 2. The van der Waals surface area contributed by atoms with E-state index in [0.717, 1.165) is 57.2 Å². The predicted octanol–water partition coefficient (Wildman–Crippen LogP) is 2.70. The van der Waals surface area contributed by atoms with E-state index in [4.69, 9.17) is 10.5 Å². The Morgan fingerprint density at radius 3 is 2.43 bits per heavy atom. The third-order valence-corrected chi connectivity index (χ3v) is 5.95. The first kappa shape index (κ1) is 18.9. The highest BCUT2D eigenvalue weighted by Gasteiger charge is 2.41. The van der Waals surface area contributed by atoms with E-state index < -0.39 is 17.2 Å². The Balaban J connectivity index is 1.65. The van der Waals surface area contributed by atoms with Crippen molar-refractivity contribution in [2.75, 3.05) is 30.3 Å². The number of ether oxygens (including phenoxy) is 1. The van der Waals surface area contributed by atoms with E-state index in [1.54, 1.807) is 7.05 Å². The highest BCUT2D eigenvalue weighted by molar-refractivity contribution is 5.74. The van der Waals surface area contributed by atoms with E-state index in [1.165, 1.54) is 4.57 Å². The minimum absolute atomic E-state index is 0.0103. The zero-order valence-corrected chi connectivity index (χ0v) is 16.0. The average molecular weight is 390 g/mol. The van der Waals surface area contributed by atoms with Crippen molar-refractivity contribution in [3.05, 3.63) is 40.2 Å². The number of hydrogen-bond donors (Lipinski definition) is 1. The van der Waals surface area contributed by atoms with Crippen molar-refractivity contribution in [3.63, 3.8) is 0 Å². The molecule has 0 radical (unpaired) electrons. The van der Waals surface area contributed by atoms with Gasteiger partial charge in [-0.05, 0) is 49.3 Å². The van der Waals surface area contributed by atoms with Gasteiger partial charge in [-0.15, -0.1) is 0 Å². The fourth-order valence-corrected chi connectivity index (χ4v) is 4.44. The molecule has 2 fully saturated rings. The topological polar surface area (TPSA) is 73.4 Å². The summed E-state index contributed by atoms with van der Waals surface area (Å²) in [7, 11) is 1.61. The van der Waals surface area contributed by atoms with Gasteiger partial charge in [0.15, 0.2) is 0 Å². The normalized spacial score (nSPS) is 21.4. The maximum atomic E-state index is 13.6. The lowest BCUT2D eigenvalue weighted by Gasteiger charge is -2.39. The Bertz CT molecular complexity index is 947. The van der Waals surface area contributed by atoms with Crippen LogP contribution in [0, 0.1) is 17.0 Å². The van der Waals surface area contributed by atoms with Gasteiger partial charge in [0.1, 0.15) is 17.5 Å². The standard InChI is InChI=1S/C20H24F2N4O2/c1-12-10-20(11-28-12)3-5-26(6-4-20)19-24-17(23)16(18(27)25(19)2)13-7-14(21)9-15(22)8-13/h7-9,12H,3-6,10-11,23H2,1-2H3/t12-/m0/s1. The van der Waals surface area contributed by atoms with Crippen molar-refractivity contribution in [3.8, 4) is 11.1 Å². The van der Waals surface area contributed by atoms with Crippen molar-refractivity contribution >= 4 is 11.8 Å². The van der Waals surface area contributed by atoms with Crippen LogP contribution in [0.3, 0.4) is 0 Å². The van der Waals surface area contributed by atoms with Crippen LogP contribution in [0.4, 0.5) is 20.5 Å². The summed E-state index contributed by atoms with van der Waals surface area (Å²) in [6.45, 7) is 4.38. The van der Waals surface area contributed by atoms with Gasteiger partial charge < -0.3 is 15.4 Å². The quantitative estimate of drug-likeness (QED) is 0.854. The molecule has 150 valence electrons. The predicted molar refractivity (Wildman–Crippen MR) is 103 cm³/mol. The minimum Gasteiger partial charge on any atom is -0.383 e. The zero-order chi connectivity index (χ0) is 20.1. The Labute approximate surface area is 161 Å². The van der Waals surface area contributed by atoms with Crippen LogP contribution in [0.1, 0.15) is 26.2 Å². The summed E-state index contributed by atoms with van der Waals surface area (Å²) in [6.07, 6.45) is 3.27. The molecule has 28 heavy (non-hydrogen) atoms. The number of halogens is 2. The van der Waals surface area contributed by atoms with Gasteiger partial charge in [0, 0.05) is 26.2 Å². The molecule has 0 amide bonds. The highest BCUT2D eigenvalue weighted by atomic mass is 19.1. The molecule has 0 aliphatic carbocycles. The number of nitrogens with zero attached hydrogens (tertiary/aromatic N) is 3. The molecule has 2 saturated heterocycles. The van der Waals surface area contributed by atoms with Crippen LogP contribution in [-0.2, 0) is 11.8 Å². The monoisotopic (exact) mass is 390 g/mol. The zero-order valence-electron chi connectivity index (χ0n) is 16.0. The number of anilines is 2. The van der Waals surface area contributed by atoms with Gasteiger partial charge in [-0.1, -0.05) is 0 Å². The van der Waals surface area contributed by atoms with Crippen molar-refractivity contribution < 1.29 is 13.5 Å². The molecule has 1 spiro atoms. The van der Waals surface area contributed by atoms with Gasteiger partial charge in [-0.3, -0.25) is 9.36 Å². The molecule has 1 aromatic carbocycles. The van der Waals surface area contributed by atoms with E-state index in [9.17, 15) is 13.6 Å². The first-order valence-electron chi connectivity index (χ1n) is 9.47. The summed E-state index contributed by atoms with van der Waals surface area (Å²) in [5.74, 6) is -1.09. The van der Waals surface area contributed by atoms with Gasteiger partial charge in [0.05, 0.1) is 18.3 Å². The second-order valence-electron chi connectivity index (χ2n) is 8.01. The van der Waals surface area contributed by atoms with E-state index >= 15 is 0 Å². The first-order valence-corrected chi connectivity index (χ1v) is 9.47. The lowest BCUT2D eigenvalue weighted by Crippen LogP contribution is -2.43. The van der Waals surface area contributed by atoms with Crippen LogP contribution < -0.4 is 16.2 Å². The number of nitrogen functional groups attached to an aromatic ring is 1. The van der Waals surface area contributed by atoms with Crippen molar-refractivity contribution in [2.24, 2.45) is 12.5 Å². The molecular weight excluding hydrogens is 366 g/mol. The van der Waals surface area contributed by atoms with E-state index in [1.807, 2.05) is 4.90 Å². The van der Waals surface area contributed by atoms with Gasteiger partial charge in [-0.2, -0.15) is 4.98 Å². The SMILES string of the molecule is C[C@H]1CC2(CCN(c3nc(N)c(-c4cc(F)cc(F)c4)c(=O)n3C)CC2)CO1. The average Bonchev–Trinajstić information content (AvgIpc) is 2.99. The largest absolute Gasteiger partial charge is 0.383 e. The Hall–Kier alpha value is -2.48. The maximum absolute atomic E-state index is 13.6. The summed E-state index contributed by atoms with van der Waals surface area (Å²) < 4.78 is 34.3. The van der Waals surface area contributed by atoms with Gasteiger partial charge >= 0.3 is 0 Å². The molecule has 6 nitrogen and oxygen atoms in total. The summed E-state index contributed by atoms with van der Waals surface area (Å²) in [5, 5.41) is 0. The molecule has 0 saturated carbocycles. The molecule has 2 aliphatic rings. The second-order valence-corrected chi connectivity index (χ2v) is 8.01. The van der Waals surface area contributed by atoms with E-state index in [-0.39, 0.29) is 28.5 Å².